The minimum absolute atomic E-state index is 0.0449. The summed E-state index contributed by atoms with van der Waals surface area (Å²) in [6.07, 6.45) is 6.04. The van der Waals surface area contributed by atoms with Crippen LogP contribution >= 0.6 is 0 Å². The minimum atomic E-state index is -2.64. The SMILES string of the molecule is CN(C)c1cc(C2=CCCCC2)c(O)c2c1C[C@H]1C[C@H]3[C@H](N(C)C)C(O)=C(C(N)=O)C(=O)[C@@]3(O)C(O)=C1C2=O. The number of ketones is 2. The number of rotatable bonds is 4. The second-order valence-corrected chi connectivity index (χ2v) is 11.5. The van der Waals surface area contributed by atoms with Crippen LogP contribution in [0.15, 0.2) is 34.8 Å². The third-order valence-corrected chi connectivity index (χ3v) is 8.82. The largest absolute Gasteiger partial charge is 0.510 e. The summed E-state index contributed by atoms with van der Waals surface area (Å²) in [6.45, 7) is 0. The number of anilines is 1. The molecular weight excluding hydrogens is 502 g/mol. The van der Waals surface area contributed by atoms with E-state index in [0.717, 1.165) is 36.9 Å². The lowest BCUT2D eigenvalue weighted by molar-refractivity contribution is -0.148. The number of hydrogen-bond donors (Lipinski definition) is 5. The fourth-order valence-corrected chi connectivity index (χ4v) is 7.03. The van der Waals surface area contributed by atoms with Crippen LogP contribution in [0.3, 0.4) is 0 Å². The van der Waals surface area contributed by atoms with Gasteiger partial charge in [0.1, 0.15) is 22.8 Å². The Morgan fingerprint density at radius 3 is 2.36 bits per heavy atom. The molecule has 0 unspecified atom stereocenters. The fourth-order valence-electron chi connectivity index (χ4n) is 7.03. The van der Waals surface area contributed by atoms with E-state index in [0.29, 0.717) is 11.1 Å². The molecule has 208 valence electrons. The van der Waals surface area contributed by atoms with Crippen molar-refractivity contribution in [2.75, 3.05) is 33.1 Å². The van der Waals surface area contributed by atoms with Crippen molar-refractivity contribution < 1.29 is 34.8 Å². The minimum Gasteiger partial charge on any atom is -0.510 e. The number of benzene rings is 1. The average molecular weight is 538 g/mol. The number of Topliss-reactive ketones (excluding diaryl/α,β-unsaturated/α-hetero) is 2. The molecule has 1 aromatic carbocycles. The lowest BCUT2D eigenvalue weighted by Gasteiger charge is -2.50. The van der Waals surface area contributed by atoms with Gasteiger partial charge in [0.2, 0.25) is 5.78 Å². The van der Waals surface area contributed by atoms with Gasteiger partial charge in [0.05, 0.1) is 11.6 Å². The number of nitrogens with two attached hydrogens (primary N) is 1. The summed E-state index contributed by atoms with van der Waals surface area (Å²) < 4.78 is 0. The summed E-state index contributed by atoms with van der Waals surface area (Å²) in [7, 11) is 6.93. The van der Waals surface area contributed by atoms with Crippen molar-refractivity contribution in [3.8, 4) is 5.75 Å². The van der Waals surface area contributed by atoms with Crippen molar-refractivity contribution in [2.45, 2.75) is 50.2 Å². The first-order chi connectivity index (χ1) is 18.3. The molecule has 5 rings (SSSR count). The van der Waals surface area contributed by atoms with Gasteiger partial charge < -0.3 is 31.1 Å². The molecule has 0 heterocycles. The number of allylic oxidation sites excluding steroid dienone is 3. The highest BCUT2D eigenvalue weighted by molar-refractivity contribution is 6.25. The van der Waals surface area contributed by atoms with Crippen LogP contribution in [0.25, 0.3) is 5.57 Å². The van der Waals surface area contributed by atoms with Crippen LogP contribution in [0.5, 0.6) is 5.75 Å². The second-order valence-electron chi connectivity index (χ2n) is 11.5. The molecule has 1 amide bonds. The maximum Gasteiger partial charge on any atom is 0.255 e. The van der Waals surface area contributed by atoms with E-state index in [4.69, 9.17) is 5.73 Å². The molecule has 0 saturated carbocycles. The van der Waals surface area contributed by atoms with Gasteiger partial charge in [0, 0.05) is 36.8 Å². The van der Waals surface area contributed by atoms with Gasteiger partial charge in [-0.25, -0.2) is 0 Å². The first-order valence-electron chi connectivity index (χ1n) is 13.2. The third-order valence-electron chi connectivity index (χ3n) is 8.82. The highest BCUT2D eigenvalue weighted by Gasteiger charge is 2.63. The second kappa shape index (κ2) is 9.24. The highest BCUT2D eigenvalue weighted by atomic mass is 16.3. The van der Waals surface area contributed by atoms with Crippen molar-refractivity contribution in [1.82, 2.24) is 4.90 Å². The number of carbonyl (C=O) groups is 3. The zero-order valence-corrected chi connectivity index (χ0v) is 22.6. The Morgan fingerprint density at radius 1 is 1.10 bits per heavy atom. The zero-order chi connectivity index (χ0) is 28.5. The number of aromatic hydroxyl groups is 1. The maximum atomic E-state index is 14.1. The van der Waals surface area contributed by atoms with E-state index >= 15 is 0 Å². The van der Waals surface area contributed by atoms with Crippen molar-refractivity contribution in [3.05, 3.63) is 51.5 Å². The van der Waals surface area contributed by atoms with Gasteiger partial charge in [0.25, 0.3) is 5.91 Å². The van der Waals surface area contributed by atoms with E-state index in [-0.39, 0.29) is 29.7 Å². The summed E-state index contributed by atoms with van der Waals surface area (Å²) in [6, 6.07) is 0.880. The smallest absolute Gasteiger partial charge is 0.255 e. The number of amides is 1. The van der Waals surface area contributed by atoms with Crippen LogP contribution in [0, 0.1) is 11.8 Å². The number of nitrogens with zero attached hydrogens (tertiary/aromatic N) is 2. The number of phenolic OH excluding ortho intramolecular Hbond substituents is 1. The van der Waals surface area contributed by atoms with Crippen LogP contribution in [-0.2, 0) is 16.0 Å². The van der Waals surface area contributed by atoms with Gasteiger partial charge in [0.15, 0.2) is 11.4 Å². The normalized spacial score (nSPS) is 28.7. The maximum absolute atomic E-state index is 14.1. The van der Waals surface area contributed by atoms with E-state index in [2.05, 4.69) is 6.08 Å². The van der Waals surface area contributed by atoms with Crippen molar-refractivity contribution in [3.63, 3.8) is 0 Å². The average Bonchev–Trinajstić information content (AvgIpc) is 2.86. The Labute approximate surface area is 226 Å². The van der Waals surface area contributed by atoms with Crippen LogP contribution in [-0.4, -0.2) is 82.6 Å². The number of aliphatic hydroxyl groups excluding tert-OH is 2. The molecule has 4 atom stereocenters. The van der Waals surface area contributed by atoms with Gasteiger partial charge >= 0.3 is 0 Å². The summed E-state index contributed by atoms with van der Waals surface area (Å²) in [5.74, 6) is -6.41. The summed E-state index contributed by atoms with van der Waals surface area (Å²) in [5, 5.41) is 45.6. The molecule has 0 aromatic heterocycles. The first kappa shape index (κ1) is 27.0. The molecular formula is C29H35N3O7. The van der Waals surface area contributed by atoms with Crippen LogP contribution in [0.4, 0.5) is 5.69 Å². The molecule has 0 fully saturated rings. The predicted molar refractivity (Wildman–Crippen MR) is 144 cm³/mol. The highest BCUT2D eigenvalue weighted by Crippen LogP contribution is 2.54. The predicted octanol–water partition coefficient (Wildman–Crippen LogP) is 2.14. The van der Waals surface area contributed by atoms with E-state index in [1.54, 1.807) is 19.0 Å². The van der Waals surface area contributed by atoms with Crippen LogP contribution in [0.2, 0.25) is 0 Å². The molecule has 10 heteroatoms. The van der Waals surface area contributed by atoms with Crippen molar-refractivity contribution in [1.29, 1.82) is 0 Å². The molecule has 4 aliphatic rings. The van der Waals surface area contributed by atoms with Crippen LogP contribution in [0.1, 0.15) is 53.6 Å². The van der Waals surface area contributed by atoms with Gasteiger partial charge in [-0.3, -0.25) is 19.3 Å². The van der Waals surface area contributed by atoms with E-state index in [9.17, 15) is 34.8 Å². The summed E-state index contributed by atoms with van der Waals surface area (Å²) in [4.78, 5) is 43.1. The molecule has 6 N–H and O–H groups in total. The van der Waals surface area contributed by atoms with Gasteiger partial charge in [-0.2, -0.15) is 0 Å². The quantitative estimate of drug-likeness (QED) is 0.362. The van der Waals surface area contributed by atoms with E-state index < -0.39 is 58.0 Å². The fraction of sp³-hybridized carbons (Fsp3) is 0.483. The first-order valence-corrected chi connectivity index (χ1v) is 13.2. The lowest BCUT2D eigenvalue weighted by Crippen LogP contribution is -2.63. The summed E-state index contributed by atoms with van der Waals surface area (Å²) in [5.41, 5.74) is 4.73. The van der Waals surface area contributed by atoms with Gasteiger partial charge in [-0.1, -0.05) is 6.08 Å². The van der Waals surface area contributed by atoms with Crippen molar-refractivity contribution in [2.24, 2.45) is 17.6 Å². The molecule has 0 spiro atoms. The molecule has 0 radical (unpaired) electrons. The standard InChI is InChI=1S/C29H35N3O7/c1-31(2)18-12-15(13-8-6-5-7-9-13)23(33)20-16(18)10-14-11-17-22(32(3)4)25(35)21(28(30)38)27(37)29(17,39)26(36)19(14)24(20)34/h8,12,14,17,22,33,35-36,39H,5-7,9-11H2,1-4H3,(H2,30,38)/t14-,17-,22-,29-/m0/s1. The van der Waals surface area contributed by atoms with E-state index in [1.165, 1.54) is 0 Å². The molecule has 39 heavy (non-hydrogen) atoms. The molecule has 0 bridgehead atoms. The molecule has 1 aromatic rings. The molecule has 10 nitrogen and oxygen atoms in total. The Kier molecular flexibility index (Phi) is 6.38. The lowest BCUT2D eigenvalue weighted by atomic mass is 9.58. The topological polar surface area (TPSA) is 165 Å². The van der Waals surface area contributed by atoms with Crippen molar-refractivity contribution >= 4 is 28.7 Å². The van der Waals surface area contributed by atoms with Gasteiger partial charge in [-0.15, -0.1) is 0 Å². The number of primary amides is 1. The number of fused-ring (bicyclic) bond motifs is 3. The Bertz CT molecular complexity index is 1400. The molecule has 0 saturated heterocycles. The van der Waals surface area contributed by atoms with Crippen LogP contribution < -0.4 is 10.6 Å². The number of carbonyl (C=O) groups excluding carboxylic acids is 3. The third kappa shape index (κ3) is 3.72. The van der Waals surface area contributed by atoms with E-state index in [1.807, 2.05) is 25.1 Å². The Hall–Kier alpha value is -3.63. The number of aliphatic hydroxyl groups is 3. The number of phenols is 1. The zero-order valence-electron chi connectivity index (χ0n) is 22.6. The number of likely N-dealkylation sites (N-methyl/N-ethyl adjacent to an activating group) is 1. The molecule has 0 aliphatic heterocycles. The summed E-state index contributed by atoms with van der Waals surface area (Å²) >= 11 is 0. The Morgan fingerprint density at radius 2 is 1.79 bits per heavy atom. The number of hydrogen-bond acceptors (Lipinski definition) is 9. The van der Waals surface area contributed by atoms with Gasteiger partial charge in [-0.05, 0) is 75.7 Å². The monoisotopic (exact) mass is 537 g/mol. The Balaban J connectivity index is 1.74. The molecule has 4 aliphatic carbocycles.